The smallest absolute Gasteiger partial charge is 0.230 e. The highest BCUT2D eigenvalue weighted by Gasteiger charge is 2.52. The third-order valence-electron chi connectivity index (χ3n) is 4.68. The van der Waals surface area contributed by atoms with Crippen LogP contribution in [-0.2, 0) is 9.59 Å². The van der Waals surface area contributed by atoms with E-state index in [2.05, 4.69) is 37.9 Å². The molecule has 2 atom stereocenters. The van der Waals surface area contributed by atoms with Crippen LogP contribution in [0.1, 0.15) is 47.0 Å². The molecule has 2 heterocycles. The normalized spacial score (nSPS) is 32.6. The van der Waals surface area contributed by atoms with E-state index >= 15 is 0 Å². The van der Waals surface area contributed by atoms with Gasteiger partial charge in [0.2, 0.25) is 11.8 Å². The number of nitrogens with one attached hydrogen (secondary N) is 1. The first-order valence-electron chi connectivity index (χ1n) is 7.42. The van der Waals surface area contributed by atoms with Gasteiger partial charge >= 0.3 is 0 Å². The van der Waals surface area contributed by atoms with Gasteiger partial charge in [0, 0.05) is 30.3 Å². The molecule has 2 fully saturated rings. The Morgan fingerprint density at radius 1 is 1.32 bits per heavy atom. The van der Waals surface area contributed by atoms with Gasteiger partial charge in [-0.3, -0.25) is 14.9 Å². The zero-order chi connectivity index (χ0) is 14.2. The molecule has 2 saturated heterocycles. The zero-order valence-corrected chi connectivity index (χ0v) is 12.5. The lowest BCUT2D eigenvalue weighted by molar-refractivity contribution is -0.144. The first kappa shape index (κ1) is 14.5. The number of hydrogen-bond donors (Lipinski definition) is 1. The summed E-state index contributed by atoms with van der Waals surface area (Å²) in [6.45, 7) is 10.6. The Morgan fingerprint density at radius 3 is 2.53 bits per heavy atom. The van der Waals surface area contributed by atoms with Crippen molar-refractivity contribution in [2.45, 2.75) is 53.0 Å². The van der Waals surface area contributed by atoms with E-state index in [0.717, 1.165) is 25.9 Å². The average molecular weight is 266 g/mol. The predicted octanol–water partition coefficient (Wildman–Crippen LogP) is 1.80. The van der Waals surface area contributed by atoms with Crippen molar-refractivity contribution in [2.24, 2.45) is 17.3 Å². The molecular weight excluding hydrogens is 240 g/mol. The van der Waals surface area contributed by atoms with E-state index in [1.807, 2.05) is 0 Å². The maximum Gasteiger partial charge on any atom is 0.230 e. The van der Waals surface area contributed by atoms with E-state index in [1.165, 1.54) is 0 Å². The molecule has 108 valence electrons. The van der Waals surface area contributed by atoms with E-state index in [9.17, 15) is 9.59 Å². The van der Waals surface area contributed by atoms with E-state index in [1.54, 1.807) is 0 Å². The summed E-state index contributed by atoms with van der Waals surface area (Å²) in [6, 6.07) is 0.485. The number of amides is 2. The van der Waals surface area contributed by atoms with Crippen LogP contribution in [0.5, 0.6) is 0 Å². The molecule has 0 aliphatic carbocycles. The molecule has 4 heteroatoms. The van der Waals surface area contributed by atoms with Gasteiger partial charge in [-0.05, 0) is 39.2 Å². The molecule has 2 aliphatic rings. The van der Waals surface area contributed by atoms with Crippen LogP contribution in [-0.4, -0.2) is 35.8 Å². The highest BCUT2D eigenvalue weighted by Crippen LogP contribution is 2.46. The van der Waals surface area contributed by atoms with E-state index in [0.29, 0.717) is 18.4 Å². The molecule has 2 amide bonds. The van der Waals surface area contributed by atoms with Crippen LogP contribution in [0.15, 0.2) is 0 Å². The van der Waals surface area contributed by atoms with Crippen molar-refractivity contribution in [2.75, 3.05) is 13.1 Å². The fourth-order valence-corrected chi connectivity index (χ4v) is 3.62. The standard InChI is InChI=1S/C15H26N2O2/c1-10(2)7-12-14(19)16-13(18)8-15(12)5-6-17(9-15)11(3)4/h10-12H,5-9H2,1-4H3,(H,16,18,19). The zero-order valence-electron chi connectivity index (χ0n) is 12.5. The van der Waals surface area contributed by atoms with Crippen LogP contribution in [0.25, 0.3) is 0 Å². The first-order valence-corrected chi connectivity index (χ1v) is 7.42. The summed E-state index contributed by atoms with van der Waals surface area (Å²) in [5.41, 5.74) is -0.117. The fourth-order valence-electron chi connectivity index (χ4n) is 3.62. The van der Waals surface area contributed by atoms with Gasteiger partial charge in [-0.25, -0.2) is 0 Å². The minimum Gasteiger partial charge on any atom is -0.300 e. The number of hydrogen-bond acceptors (Lipinski definition) is 3. The molecule has 0 bridgehead atoms. The third kappa shape index (κ3) is 2.83. The van der Waals surface area contributed by atoms with Gasteiger partial charge in [0.25, 0.3) is 0 Å². The molecule has 0 aromatic heterocycles. The largest absolute Gasteiger partial charge is 0.300 e. The number of carbonyl (C=O) groups is 2. The Hall–Kier alpha value is -0.900. The van der Waals surface area contributed by atoms with Crippen LogP contribution >= 0.6 is 0 Å². The molecule has 2 aliphatic heterocycles. The summed E-state index contributed by atoms with van der Waals surface area (Å²) in [5, 5.41) is 2.53. The number of likely N-dealkylation sites (tertiary alicyclic amines) is 1. The number of nitrogens with zero attached hydrogens (tertiary/aromatic N) is 1. The van der Waals surface area contributed by atoms with Gasteiger partial charge in [0.05, 0.1) is 0 Å². The Labute approximate surface area is 115 Å². The Bertz CT molecular complexity index is 378. The number of piperidine rings is 1. The molecule has 0 aromatic rings. The topological polar surface area (TPSA) is 49.4 Å². The van der Waals surface area contributed by atoms with Gasteiger partial charge in [0.15, 0.2) is 0 Å². The third-order valence-corrected chi connectivity index (χ3v) is 4.68. The van der Waals surface area contributed by atoms with Gasteiger partial charge in [-0.15, -0.1) is 0 Å². The quantitative estimate of drug-likeness (QED) is 0.792. The summed E-state index contributed by atoms with van der Waals surface area (Å²) in [6.07, 6.45) is 2.37. The summed E-state index contributed by atoms with van der Waals surface area (Å²) in [5.74, 6) is 0.342. The molecule has 1 spiro atoms. The molecule has 2 unspecified atom stereocenters. The molecule has 0 radical (unpaired) electrons. The monoisotopic (exact) mass is 266 g/mol. The number of carbonyl (C=O) groups excluding carboxylic acids is 2. The maximum absolute atomic E-state index is 12.2. The summed E-state index contributed by atoms with van der Waals surface area (Å²) < 4.78 is 0. The maximum atomic E-state index is 12.2. The Balaban J connectivity index is 2.23. The minimum atomic E-state index is -0.117. The Morgan fingerprint density at radius 2 is 2.00 bits per heavy atom. The number of imide groups is 1. The lowest BCUT2D eigenvalue weighted by atomic mass is 9.66. The average Bonchev–Trinajstić information content (AvgIpc) is 2.68. The van der Waals surface area contributed by atoms with Gasteiger partial charge in [0.1, 0.15) is 0 Å². The predicted molar refractivity (Wildman–Crippen MR) is 74.5 cm³/mol. The number of rotatable bonds is 3. The van der Waals surface area contributed by atoms with Crippen molar-refractivity contribution < 1.29 is 9.59 Å². The van der Waals surface area contributed by atoms with Crippen LogP contribution < -0.4 is 5.32 Å². The van der Waals surface area contributed by atoms with Crippen molar-refractivity contribution in [3.05, 3.63) is 0 Å². The molecule has 0 aromatic carbocycles. The van der Waals surface area contributed by atoms with Crippen molar-refractivity contribution in [1.82, 2.24) is 10.2 Å². The highest BCUT2D eigenvalue weighted by molar-refractivity contribution is 5.99. The summed E-state index contributed by atoms with van der Waals surface area (Å²) in [4.78, 5) is 26.4. The minimum absolute atomic E-state index is 0.00560. The lowest BCUT2D eigenvalue weighted by Crippen LogP contribution is -2.53. The van der Waals surface area contributed by atoms with Crippen LogP contribution in [0.4, 0.5) is 0 Å². The van der Waals surface area contributed by atoms with Crippen molar-refractivity contribution >= 4 is 11.8 Å². The molecular formula is C15H26N2O2. The molecule has 2 rings (SSSR count). The summed E-state index contributed by atoms with van der Waals surface area (Å²) in [7, 11) is 0. The highest BCUT2D eigenvalue weighted by atomic mass is 16.2. The molecule has 0 saturated carbocycles. The SMILES string of the molecule is CC(C)CC1C(=O)NC(=O)CC12CCN(C(C)C)C2. The molecule has 19 heavy (non-hydrogen) atoms. The molecule has 1 N–H and O–H groups in total. The van der Waals surface area contributed by atoms with Gasteiger partial charge in [-0.2, -0.15) is 0 Å². The van der Waals surface area contributed by atoms with Gasteiger partial charge in [-0.1, -0.05) is 13.8 Å². The second kappa shape index (κ2) is 5.23. The van der Waals surface area contributed by atoms with Crippen molar-refractivity contribution in [3.63, 3.8) is 0 Å². The molecule has 4 nitrogen and oxygen atoms in total. The van der Waals surface area contributed by atoms with Crippen LogP contribution in [0, 0.1) is 17.3 Å². The van der Waals surface area contributed by atoms with Crippen molar-refractivity contribution in [1.29, 1.82) is 0 Å². The second-order valence-electron chi connectivity index (χ2n) is 6.95. The van der Waals surface area contributed by atoms with E-state index in [4.69, 9.17) is 0 Å². The fraction of sp³-hybridized carbons (Fsp3) is 0.867. The van der Waals surface area contributed by atoms with Crippen LogP contribution in [0.3, 0.4) is 0 Å². The lowest BCUT2D eigenvalue weighted by Gasteiger charge is -2.40. The Kier molecular flexibility index (Phi) is 4.00. The van der Waals surface area contributed by atoms with E-state index < -0.39 is 0 Å². The van der Waals surface area contributed by atoms with Gasteiger partial charge < -0.3 is 4.90 Å². The van der Waals surface area contributed by atoms with Crippen LogP contribution in [0.2, 0.25) is 0 Å². The summed E-state index contributed by atoms with van der Waals surface area (Å²) >= 11 is 0. The van der Waals surface area contributed by atoms with Crippen molar-refractivity contribution in [3.8, 4) is 0 Å². The van der Waals surface area contributed by atoms with E-state index in [-0.39, 0.29) is 23.1 Å². The first-order chi connectivity index (χ1) is 8.84. The second-order valence-corrected chi connectivity index (χ2v) is 6.95.